The van der Waals surface area contributed by atoms with Gasteiger partial charge in [0.2, 0.25) is 0 Å². The highest BCUT2D eigenvalue weighted by Gasteiger charge is 1.85. The van der Waals surface area contributed by atoms with Crippen molar-refractivity contribution in [1.29, 1.82) is 0 Å². The van der Waals surface area contributed by atoms with Crippen molar-refractivity contribution in [2.75, 3.05) is 26.7 Å². The summed E-state index contributed by atoms with van der Waals surface area (Å²) < 4.78 is 10.1. The van der Waals surface area contributed by atoms with Crippen molar-refractivity contribution < 1.29 is 14.8 Å². The highest BCUT2D eigenvalue weighted by Crippen LogP contribution is 1.62. The summed E-state index contributed by atoms with van der Waals surface area (Å²) in [4.78, 5) is 0. The van der Waals surface area contributed by atoms with Crippen molar-refractivity contribution in [3.8, 4) is 0 Å². The molecule has 0 aliphatic rings. The maximum atomic E-state index is 5.04. The normalized spacial score (nSPS) is 10.0. The molecule has 0 unspecified atom stereocenters. The van der Waals surface area contributed by atoms with E-state index in [0.717, 1.165) is 13.2 Å². The van der Waals surface area contributed by atoms with Crippen molar-refractivity contribution >= 4 is 0 Å². The van der Waals surface area contributed by atoms with Crippen LogP contribution < -0.4 is 5.32 Å². The maximum absolute atomic E-state index is 5.04. The van der Waals surface area contributed by atoms with E-state index in [0.29, 0.717) is 13.5 Å². The fraction of sp³-hybridized carbons (Fsp3) is 1.00. The molecule has 0 atom stereocenters. The van der Waals surface area contributed by atoms with Gasteiger partial charge in [0.25, 0.3) is 0 Å². The van der Waals surface area contributed by atoms with Gasteiger partial charge in [-0.1, -0.05) is 0 Å². The van der Waals surface area contributed by atoms with Crippen LogP contribution in [0.3, 0.4) is 0 Å². The summed E-state index contributed by atoms with van der Waals surface area (Å²) in [5.41, 5.74) is 0. The van der Waals surface area contributed by atoms with E-state index in [4.69, 9.17) is 9.47 Å². The van der Waals surface area contributed by atoms with Crippen LogP contribution in [0.25, 0.3) is 0 Å². The summed E-state index contributed by atoms with van der Waals surface area (Å²) in [6.45, 7) is 6.93. The third-order valence-corrected chi connectivity index (χ3v) is 0.880. The Balaban J connectivity index is 2.60. The SMILES string of the molecule is CCOC[NH2+]COCC. The van der Waals surface area contributed by atoms with Gasteiger partial charge >= 0.3 is 0 Å². The minimum absolute atomic E-state index is 0.705. The van der Waals surface area contributed by atoms with Crippen LogP contribution in [0.1, 0.15) is 13.8 Å². The Labute approximate surface area is 56.3 Å². The van der Waals surface area contributed by atoms with E-state index in [1.54, 1.807) is 0 Å². The summed E-state index contributed by atoms with van der Waals surface area (Å²) in [5.74, 6) is 0. The minimum Gasteiger partial charge on any atom is -0.332 e. The molecule has 0 aromatic carbocycles. The number of nitrogens with two attached hydrogens (primary N) is 1. The third-order valence-electron chi connectivity index (χ3n) is 0.880. The Morgan fingerprint density at radius 2 is 1.44 bits per heavy atom. The van der Waals surface area contributed by atoms with Gasteiger partial charge in [-0.05, 0) is 13.8 Å². The van der Waals surface area contributed by atoms with Gasteiger partial charge in [-0.15, -0.1) is 0 Å². The molecule has 0 bridgehead atoms. The first kappa shape index (κ1) is 8.88. The lowest BCUT2D eigenvalue weighted by molar-refractivity contribution is -0.715. The van der Waals surface area contributed by atoms with Crippen LogP contribution in [-0.4, -0.2) is 26.7 Å². The summed E-state index contributed by atoms with van der Waals surface area (Å²) in [5, 5.41) is 1.98. The molecule has 9 heavy (non-hydrogen) atoms. The molecule has 3 heteroatoms. The molecule has 0 heterocycles. The molecule has 0 aliphatic heterocycles. The molecule has 0 rings (SSSR count). The van der Waals surface area contributed by atoms with Crippen LogP contribution in [0.2, 0.25) is 0 Å². The van der Waals surface area contributed by atoms with Crippen LogP contribution in [0.15, 0.2) is 0 Å². The number of rotatable bonds is 6. The molecule has 0 spiro atoms. The Hall–Kier alpha value is -0.120. The van der Waals surface area contributed by atoms with Crippen molar-refractivity contribution in [1.82, 2.24) is 0 Å². The Morgan fingerprint density at radius 3 is 1.78 bits per heavy atom. The van der Waals surface area contributed by atoms with Gasteiger partial charge < -0.3 is 14.8 Å². The van der Waals surface area contributed by atoms with Crippen LogP contribution in [0, 0.1) is 0 Å². The number of ether oxygens (including phenoxy) is 2. The summed E-state index contributed by atoms with van der Waals surface area (Å²) in [7, 11) is 0. The lowest BCUT2D eigenvalue weighted by atomic mass is 10.8. The first-order valence-corrected chi connectivity index (χ1v) is 3.39. The number of quaternary nitrogens is 1. The summed E-state index contributed by atoms with van der Waals surface area (Å²) >= 11 is 0. The van der Waals surface area contributed by atoms with Gasteiger partial charge in [-0.3, -0.25) is 0 Å². The smallest absolute Gasteiger partial charge is 0.181 e. The van der Waals surface area contributed by atoms with Crippen LogP contribution in [0.4, 0.5) is 0 Å². The molecule has 0 fully saturated rings. The minimum atomic E-state index is 0.705. The molecular weight excluding hydrogens is 118 g/mol. The molecule has 0 saturated heterocycles. The monoisotopic (exact) mass is 134 g/mol. The topological polar surface area (TPSA) is 35.1 Å². The number of hydrogen-bond donors (Lipinski definition) is 1. The Kier molecular flexibility index (Phi) is 7.77. The van der Waals surface area contributed by atoms with E-state index in [1.807, 2.05) is 19.2 Å². The lowest BCUT2D eigenvalue weighted by Gasteiger charge is -1.99. The molecule has 3 nitrogen and oxygen atoms in total. The van der Waals surface area contributed by atoms with Crippen LogP contribution in [-0.2, 0) is 9.47 Å². The van der Waals surface area contributed by atoms with Crippen LogP contribution >= 0.6 is 0 Å². The quantitative estimate of drug-likeness (QED) is 0.394. The fourth-order valence-corrected chi connectivity index (χ4v) is 0.450. The average Bonchev–Trinajstić information content (AvgIpc) is 1.89. The zero-order chi connectivity index (χ0) is 6.95. The maximum Gasteiger partial charge on any atom is 0.181 e. The molecule has 0 aromatic heterocycles. The fourth-order valence-electron chi connectivity index (χ4n) is 0.450. The molecule has 0 radical (unpaired) electrons. The second-order valence-corrected chi connectivity index (χ2v) is 1.61. The van der Waals surface area contributed by atoms with Crippen molar-refractivity contribution in [3.05, 3.63) is 0 Å². The van der Waals surface area contributed by atoms with Gasteiger partial charge in [0.1, 0.15) is 0 Å². The molecule has 0 aliphatic carbocycles. The van der Waals surface area contributed by atoms with Gasteiger partial charge in [0.15, 0.2) is 13.5 Å². The van der Waals surface area contributed by atoms with Gasteiger partial charge in [-0.25, -0.2) is 0 Å². The second kappa shape index (κ2) is 7.88. The zero-order valence-electron chi connectivity index (χ0n) is 6.22. The van der Waals surface area contributed by atoms with Gasteiger partial charge in [0.05, 0.1) is 0 Å². The first-order valence-electron chi connectivity index (χ1n) is 3.39. The molecule has 56 valence electrons. The van der Waals surface area contributed by atoms with E-state index in [1.165, 1.54) is 0 Å². The highest BCUT2D eigenvalue weighted by molar-refractivity contribution is 4.03. The molecule has 2 N–H and O–H groups in total. The van der Waals surface area contributed by atoms with Crippen molar-refractivity contribution in [3.63, 3.8) is 0 Å². The summed E-state index contributed by atoms with van der Waals surface area (Å²) in [6.07, 6.45) is 0. The predicted molar refractivity (Wildman–Crippen MR) is 34.9 cm³/mol. The van der Waals surface area contributed by atoms with E-state index in [-0.39, 0.29) is 0 Å². The Bertz CT molecular complexity index is 44.3. The zero-order valence-corrected chi connectivity index (χ0v) is 6.22. The van der Waals surface area contributed by atoms with E-state index >= 15 is 0 Å². The highest BCUT2D eigenvalue weighted by atomic mass is 16.5. The second-order valence-electron chi connectivity index (χ2n) is 1.61. The average molecular weight is 134 g/mol. The molecule has 0 saturated carbocycles. The van der Waals surface area contributed by atoms with E-state index < -0.39 is 0 Å². The van der Waals surface area contributed by atoms with Gasteiger partial charge in [-0.2, -0.15) is 0 Å². The first-order chi connectivity index (χ1) is 4.41. The predicted octanol–water partition coefficient (Wildman–Crippen LogP) is -0.462. The molecular formula is C6H16NO2+. The van der Waals surface area contributed by atoms with Crippen molar-refractivity contribution in [2.45, 2.75) is 13.8 Å². The Morgan fingerprint density at radius 1 is 1.00 bits per heavy atom. The van der Waals surface area contributed by atoms with Crippen molar-refractivity contribution in [2.24, 2.45) is 0 Å². The molecule has 0 aromatic rings. The van der Waals surface area contributed by atoms with E-state index in [9.17, 15) is 0 Å². The number of hydrogen-bond acceptors (Lipinski definition) is 2. The lowest BCUT2D eigenvalue weighted by Crippen LogP contribution is -2.85. The van der Waals surface area contributed by atoms with Crippen LogP contribution in [0.5, 0.6) is 0 Å². The summed E-state index contributed by atoms with van der Waals surface area (Å²) in [6, 6.07) is 0. The van der Waals surface area contributed by atoms with Gasteiger partial charge in [0, 0.05) is 13.2 Å². The van der Waals surface area contributed by atoms with E-state index in [2.05, 4.69) is 0 Å². The third kappa shape index (κ3) is 7.88. The standard InChI is InChI=1S/C6H15NO2/c1-3-8-5-7-6-9-4-2/h7H,3-6H2,1-2H3/p+1. The molecule has 0 amide bonds. The largest absolute Gasteiger partial charge is 0.332 e.